The second-order valence-corrected chi connectivity index (χ2v) is 6.29. The van der Waals surface area contributed by atoms with Crippen molar-refractivity contribution < 1.29 is 4.52 Å². The van der Waals surface area contributed by atoms with Crippen LogP contribution in [0.4, 0.5) is 0 Å². The lowest BCUT2D eigenvalue weighted by molar-refractivity contribution is 0.228. The second kappa shape index (κ2) is 3.94. The van der Waals surface area contributed by atoms with Crippen molar-refractivity contribution >= 4 is 12.4 Å². The Morgan fingerprint density at radius 3 is 2.44 bits per heavy atom. The Balaban J connectivity index is 0.000001000. The Hall–Kier alpha value is -0.610. The molecular weight excluding hydrogens is 250 g/mol. The van der Waals surface area contributed by atoms with E-state index in [4.69, 9.17) is 10.3 Å². The zero-order valence-corrected chi connectivity index (χ0v) is 11.3. The molecule has 0 aromatic carbocycles. The molecule has 1 aromatic heterocycles. The van der Waals surface area contributed by atoms with Crippen LogP contribution in [0.2, 0.25) is 0 Å². The van der Waals surface area contributed by atoms with Crippen molar-refractivity contribution in [3.63, 3.8) is 0 Å². The summed E-state index contributed by atoms with van der Waals surface area (Å²) >= 11 is 0. The molecule has 1 aromatic rings. The molecule has 2 N–H and O–H groups in total. The molecule has 3 fully saturated rings. The molecule has 18 heavy (non-hydrogen) atoms. The minimum absolute atomic E-state index is 0. The number of aromatic nitrogens is 2. The largest absolute Gasteiger partial charge is 0.339 e. The van der Waals surface area contributed by atoms with Gasteiger partial charge in [-0.3, -0.25) is 0 Å². The summed E-state index contributed by atoms with van der Waals surface area (Å²) in [6.07, 6.45) is 9.90. The Morgan fingerprint density at radius 2 is 1.83 bits per heavy atom. The van der Waals surface area contributed by atoms with Gasteiger partial charge in [-0.1, -0.05) is 18.0 Å². The lowest BCUT2D eigenvalue weighted by Gasteiger charge is -2.34. The van der Waals surface area contributed by atoms with Gasteiger partial charge in [0.2, 0.25) is 5.89 Å². The predicted octanol–water partition coefficient (Wildman–Crippen LogP) is 2.88. The monoisotopic (exact) mass is 269 g/mol. The van der Waals surface area contributed by atoms with Gasteiger partial charge < -0.3 is 10.3 Å². The summed E-state index contributed by atoms with van der Waals surface area (Å²) in [6.45, 7) is 0. The number of nitrogens with two attached hydrogens (primary N) is 1. The van der Waals surface area contributed by atoms with E-state index >= 15 is 0 Å². The summed E-state index contributed by atoms with van der Waals surface area (Å²) in [5.41, 5.74) is 6.47. The Kier molecular flexibility index (Phi) is 2.72. The fourth-order valence-electron chi connectivity index (χ4n) is 3.69. The molecule has 0 radical (unpaired) electrons. The number of nitrogens with zero attached hydrogens (tertiary/aromatic N) is 2. The van der Waals surface area contributed by atoms with Crippen LogP contribution in [0.25, 0.3) is 0 Å². The molecule has 1 heterocycles. The van der Waals surface area contributed by atoms with Crippen LogP contribution in [0.15, 0.2) is 4.52 Å². The minimum atomic E-state index is -0.278. The molecule has 1 unspecified atom stereocenters. The first-order chi connectivity index (χ1) is 8.22. The first kappa shape index (κ1) is 12.4. The second-order valence-electron chi connectivity index (χ2n) is 6.29. The van der Waals surface area contributed by atoms with Crippen molar-refractivity contribution in [1.29, 1.82) is 0 Å². The highest BCUT2D eigenvalue weighted by Crippen LogP contribution is 2.67. The number of rotatable bonds is 2. The van der Waals surface area contributed by atoms with Crippen LogP contribution in [0, 0.1) is 5.41 Å². The van der Waals surface area contributed by atoms with Crippen LogP contribution in [0.5, 0.6) is 0 Å². The minimum Gasteiger partial charge on any atom is -0.339 e. The van der Waals surface area contributed by atoms with Gasteiger partial charge in [0.15, 0.2) is 5.82 Å². The average molecular weight is 270 g/mol. The van der Waals surface area contributed by atoms with Crippen LogP contribution >= 0.6 is 12.4 Å². The number of hydrogen-bond donors (Lipinski definition) is 1. The molecule has 0 saturated heterocycles. The fraction of sp³-hybridized carbons (Fsp3) is 0.846. The van der Waals surface area contributed by atoms with Crippen molar-refractivity contribution in [1.82, 2.24) is 10.1 Å². The highest BCUT2D eigenvalue weighted by molar-refractivity contribution is 5.85. The topological polar surface area (TPSA) is 64.9 Å². The van der Waals surface area contributed by atoms with Crippen molar-refractivity contribution in [2.24, 2.45) is 11.1 Å². The van der Waals surface area contributed by atoms with E-state index in [1.54, 1.807) is 0 Å². The Morgan fingerprint density at radius 1 is 1.11 bits per heavy atom. The molecule has 1 atom stereocenters. The van der Waals surface area contributed by atoms with Gasteiger partial charge in [-0.25, -0.2) is 0 Å². The summed E-state index contributed by atoms with van der Waals surface area (Å²) < 4.78 is 5.46. The molecule has 4 nitrogen and oxygen atoms in total. The standard InChI is InChI=1S/C13H19N3O.ClH/c14-13(6-3-7-13)11-15-10(17-16-11)9-8-12(9)4-1-2-5-12;/h9H,1-8,14H2;1H. The maximum absolute atomic E-state index is 6.22. The number of halogens is 1. The van der Waals surface area contributed by atoms with E-state index in [1.807, 2.05) is 0 Å². The molecule has 0 aliphatic heterocycles. The van der Waals surface area contributed by atoms with Gasteiger partial charge in [0.1, 0.15) is 0 Å². The van der Waals surface area contributed by atoms with Crippen LogP contribution in [0.3, 0.4) is 0 Å². The highest BCUT2D eigenvalue weighted by atomic mass is 35.5. The van der Waals surface area contributed by atoms with Crippen molar-refractivity contribution in [3.05, 3.63) is 11.7 Å². The van der Waals surface area contributed by atoms with Gasteiger partial charge in [-0.15, -0.1) is 12.4 Å². The summed E-state index contributed by atoms with van der Waals surface area (Å²) in [4.78, 5) is 4.58. The van der Waals surface area contributed by atoms with Crippen LogP contribution in [-0.4, -0.2) is 10.1 Å². The molecule has 5 heteroatoms. The zero-order chi connectivity index (χ0) is 11.5. The molecule has 1 spiro atoms. The number of hydrogen-bond acceptors (Lipinski definition) is 4. The maximum Gasteiger partial charge on any atom is 0.230 e. The van der Waals surface area contributed by atoms with E-state index in [-0.39, 0.29) is 17.9 Å². The van der Waals surface area contributed by atoms with E-state index in [0.717, 1.165) is 24.6 Å². The van der Waals surface area contributed by atoms with E-state index in [0.29, 0.717) is 11.3 Å². The average Bonchev–Trinajstić information content (AvgIpc) is 2.71. The van der Waals surface area contributed by atoms with Gasteiger partial charge >= 0.3 is 0 Å². The van der Waals surface area contributed by atoms with Crippen molar-refractivity contribution in [2.75, 3.05) is 0 Å². The summed E-state index contributed by atoms with van der Waals surface area (Å²) in [7, 11) is 0. The van der Waals surface area contributed by atoms with E-state index in [9.17, 15) is 0 Å². The SMILES string of the molecule is Cl.NC1(c2noc(C3CC34CCCC4)n2)CCC1. The molecule has 4 rings (SSSR count). The summed E-state index contributed by atoms with van der Waals surface area (Å²) in [5, 5.41) is 4.11. The molecule has 3 aliphatic rings. The normalized spacial score (nSPS) is 30.8. The fourth-order valence-corrected chi connectivity index (χ4v) is 3.69. The first-order valence-corrected chi connectivity index (χ1v) is 6.85. The Bertz CT molecular complexity index is 449. The van der Waals surface area contributed by atoms with Crippen LogP contribution in [-0.2, 0) is 5.54 Å². The van der Waals surface area contributed by atoms with Crippen LogP contribution < -0.4 is 5.73 Å². The van der Waals surface area contributed by atoms with Crippen molar-refractivity contribution in [3.8, 4) is 0 Å². The van der Waals surface area contributed by atoms with Crippen molar-refractivity contribution in [2.45, 2.75) is 62.8 Å². The van der Waals surface area contributed by atoms with E-state index < -0.39 is 0 Å². The molecule has 100 valence electrons. The Labute approximate surface area is 113 Å². The molecular formula is C13H20ClN3O. The molecule has 3 aliphatic carbocycles. The van der Waals surface area contributed by atoms with Gasteiger partial charge in [0.25, 0.3) is 0 Å². The lowest BCUT2D eigenvalue weighted by atomic mass is 9.77. The quantitative estimate of drug-likeness (QED) is 0.897. The third-order valence-electron chi connectivity index (χ3n) is 5.22. The zero-order valence-electron chi connectivity index (χ0n) is 10.5. The molecule has 0 bridgehead atoms. The van der Waals surface area contributed by atoms with E-state index in [1.165, 1.54) is 38.5 Å². The van der Waals surface area contributed by atoms with Gasteiger partial charge in [-0.2, -0.15) is 4.98 Å². The third-order valence-corrected chi connectivity index (χ3v) is 5.22. The predicted molar refractivity (Wildman–Crippen MR) is 69.5 cm³/mol. The van der Waals surface area contributed by atoms with Crippen LogP contribution in [0.1, 0.15) is 69.0 Å². The maximum atomic E-state index is 6.22. The summed E-state index contributed by atoms with van der Waals surface area (Å²) in [6, 6.07) is 0. The molecule has 3 saturated carbocycles. The smallest absolute Gasteiger partial charge is 0.230 e. The van der Waals surface area contributed by atoms with Gasteiger partial charge in [0, 0.05) is 5.92 Å². The lowest BCUT2D eigenvalue weighted by Crippen LogP contribution is -2.44. The van der Waals surface area contributed by atoms with Gasteiger partial charge in [0.05, 0.1) is 5.54 Å². The first-order valence-electron chi connectivity index (χ1n) is 6.85. The summed E-state index contributed by atoms with van der Waals surface area (Å²) in [5.74, 6) is 2.15. The highest BCUT2D eigenvalue weighted by Gasteiger charge is 2.58. The third kappa shape index (κ3) is 1.62. The molecule has 0 amide bonds. The van der Waals surface area contributed by atoms with E-state index in [2.05, 4.69) is 10.1 Å². The van der Waals surface area contributed by atoms with Gasteiger partial charge in [-0.05, 0) is 43.9 Å².